The van der Waals surface area contributed by atoms with Gasteiger partial charge in [-0.25, -0.2) is 9.55 Å². The van der Waals surface area contributed by atoms with Crippen LogP contribution in [0.2, 0.25) is 0 Å². The molecule has 9 heteroatoms. The van der Waals surface area contributed by atoms with Crippen molar-refractivity contribution in [1.82, 2.24) is 20.2 Å². The lowest BCUT2D eigenvalue weighted by atomic mass is 10.1. The molecule has 0 bridgehead atoms. The molecule has 8 nitrogen and oxygen atoms in total. The molecule has 4 aromatic rings. The summed E-state index contributed by atoms with van der Waals surface area (Å²) in [5, 5.41) is 8.21. The van der Waals surface area contributed by atoms with Gasteiger partial charge in [0.25, 0.3) is 0 Å². The van der Waals surface area contributed by atoms with Gasteiger partial charge >= 0.3 is 7.60 Å². The van der Waals surface area contributed by atoms with Crippen molar-refractivity contribution >= 4 is 29.5 Å². The zero-order valence-corrected chi connectivity index (χ0v) is 15.3. The molecule has 0 aliphatic rings. The van der Waals surface area contributed by atoms with Crippen molar-refractivity contribution in [3.63, 3.8) is 0 Å². The number of methoxy groups -OCH3 is 1. The summed E-state index contributed by atoms with van der Waals surface area (Å²) in [5.41, 5.74) is 4.00. The molecule has 1 atom stereocenters. The van der Waals surface area contributed by atoms with E-state index in [0.29, 0.717) is 17.3 Å². The number of fused-ring (bicyclic) bond motifs is 2. The van der Waals surface area contributed by atoms with Crippen molar-refractivity contribution in [2.45, 2.75) is 0 Å². The maximum atomic E-state index is 12.1. The average Bonchev–Trinajstić information content (AvgIpc) is 3.23. The monoisotopic (exact) mass is 372 g/mol. The molecule has 1 unspecified atom stereocenters. The molecule has 26 heavy (non-hydrogen) atoms. The van der Waals surface area contributed by atoms with E-state index in [1.54, 1.807) is 25.3 Å². The van der Waals surface area contributed by atoms with Crippen LogP contribution in [-0.4, -0.2) is 41.0 Å². The van der Waals surface area contributed by atoms with Crippen LogP contribution in [0.3, 0.4) is 0 Å². The van der Waals surface area contributed by atoms with E-state index in [2.05, 4.69) is 20.2 Å². The van der Waals surface area contributed by atoms with Gasteiger partial charge in [0.1, 0.15) is 11.4 Å². The molecule has 1 aromatic carbocycles. The van der Waals surface area contributed by atoms with E-state index < -0.39 is 7.60 Å². The Morgan fingerprint density at radius 3 is 2.65 bits per heavy atom. The number of nitrogens with one attached hydrogen (secondary N) is 2. The van der Waals surface area contributed by atoms with Crippen LogP contribution in [0.4, 0.5) is 0 Å². The van der Waals surface area contributed by atoms with Gasteiger partial charge in [0, 0.05) is 25.2 Å². The fourth-order valence-electron chi connectivity index (χ4n) is 2.72. The smallest absolute Gasteiger partial charge is 0.375 e. The standard InChI is InChI=1S/C17H17N4O4P/c1-23-16-7-6-13-14(19-16)9-15(18-13)17-11-8-10(25-26(3,22)24-2)4-5-12(11)20-21-17/h4-9,18H,1-3H3,(H,20,21). The van der Waals surface area contributed by atoms with Crippen LogP contribution in [0.1, 0.15) is 0 Å². The topological polar surface area (TPSA) is 102 Å². The zero-order valence-electron chi connectivity index (χ0n) is 14.4. The molecule has 2 N–H and O–H groups in total. The Morgan fingerprint density at radius 2 is 1.88 bits per heavy atom. The van der Waals surface area contributed by atoms with Gasteiger partial charge in [0.15, 0.2) is 0 Å². The molecule has 3 heterocycles. The van der Waals surface area contributed by atoms with Gasteiger partial charge in [-0.05, 0) is 30.3 Å². The third kappa shape index (κ3) is 2.94. The van der Waals surface area contributed by atoms with Gasteiger partial charge < -0.3 is 18.8 Å². The minimum atomic E-state index is -3.14. The fraction of sp³-hybridized carbons (Fsp3) is 0.176. The van der Waals surface area contributed by atoms with Crippen molar-refractivity contribution in [3.05, 3.63) is 36.4 Å². The number of H-pyrrole nitrogens is 2. The fourth-order valence-corrected chi connectivity index (χ4v) is 3.29. The normalized spacial score (nSPS) is 13.8. The number of pyridine rings is 1. The molecule has 0 fully saturated rings. The van der Waals surface area contributed by atoms with E-state index in [9.17, 15) is 4.57 Å². The lowest BCUT2D eigenvalue weighted by Crippen LogP contribution is -1.92. The number of aromatic nitrogens is 4. The Labute approximate surface area is 149 Å². The van der Waals surface area contributed by atoms with Crippen molar-refractivity contribution in [2.75, 3.05) is 20.9 Å². The van der Waals surface area contributed by atoms with Crippen molar-refractivity contribution in [3.8, 4) is 23.0 Å². The summed E-state index contributed by atoms with van der Waals surface area (Å²) in [6.45, 7) is 1.42. The second-order valence-corrected chi connectivity index (χ2v) is 7.88. The number of aromatic amines is 2. The first-order valence-electron chi connectivity index (χ1n) is 7.84. The number of hydrogen-bond acceptors (Lipinski definition) is 6. The summed E-state index contributed by atoms with van der Waals surface area (Å²) in [5.74, 6) is 0.993. The molecule has 0 aliphatic carbocycles. The van der Waals surface area contributed by atoms with E-state index >= 15 is 0 Å². The van der Waals surface area contributed by atoms with Crippen LogP contribution in [0.5, 0.6) is 11.6 Å². The lowest BCUT2D eigenvalue weighted by Gasteiger charge is -2.12. The first-order chi connectivity index (χ1) is 12.5. The van der Waals surface area contributed by atoms with Crippen molar-refractivity contribution in [1.29, 1.82) is 0 Å². The third-order valence-electron chi connectivity index (χ3n) is 4.05. The first-order valence-corrected chi connectivity index (χ1v) is 9.83. The van der Waals surface area contributed by atoms with E-state index in [0.717, 1.165) is 27.6 Å². The van der Waals surface area contributed by atoms with Crippen LogP contribution < -0.4 is 9.26 Å². The number of benzene rings is 1. The van der Waals surface area contributed by atoms with E-state index in [1.807, 2.05) is 18.2 Å². The van der Waals surface area contributed by atoms with Crippen LogP contribution >= 0.6 is 7.60 Å². The first kappa shape index (κ1) is 16.6. The van der Waals surface area contributed by atoms with Crippen LogP contribution in [0.25, 0.3) is 33.3 Å². The summed E-state index contributed by atoms with van der Waals surface area (Å²) >= 11 is 0. The second kappa shape index (κ2) is 6.16. The highest BCUT2D eigenvalue weighted by molar-refractivity contribution is 7.53. The summed E-state index contributed by atoms with van der Waals surface area (Å²) in [4.78, 5) is 7.71. The molecule has 0 radical (unpaired) electrons. The minimum Gasteiger partial charge on any atom is -0.481 e. The van der Waals surface area contributed by atoms with Crippen molar-refractivity contribution in [2.24, 2.45) is 0 Å². The Balaban J connectivity index is 1.80. The highest BCUT2D eigenvalue weighted by atomic mass is 31.2. The van der Waals surface area contributed by atoms with Crippen LogP contribution in [0, 0.1) is 0 Å². The van der Waals surface area contributed by atoms with Gasteiger partial charge in [0.2, 0.25) is 5.88 Å². The average molecular weight is 372 g/mol. The molecular formula is C17H17N4O4P. The molecule has 0 aliphatic heterocycles. The second-order valence-electron chi connectivity index (χ2n) is 5.79. The summed E-state index contributed by atoms with van der Waals surface area (Å²) in [6.07, 6.45) is 0. The third-order valence-corrected chi connectivity index (χ3v) is 5.26. The van der Waals surface area contributed by atoms with Gasteiger partial charge in [-0.1, -0.05) is 0 Å². The molecule has 0 saturated carbocycles. The van der Waals surface area contributed by atoms with E-state index in [1.165, 1.54) is 13.8 Å². The van der Waals surface area contributed by atoms with E-state index in [4.69, 9.17) is 13.8 Å². The Bertz CT molecular complexity index is 1150. The Hall–Kier alpha value is -2.83. The summed E-state index contributed by atoms with van der Waals surface area (Å²) in [6, 6.07) is 10.9. The maximum absolute atomic E-state index is 12.1. The maximum Gasteiger partial charge on any atom is 0.375 e. The Kier molecular flexibility index (Phi) is 3.94. The zero-order chi connectivity index (χ0) is 18.3. The quantitative estimate of drug-likeness (QED) is 0.514. The molecule has 4 rings (SSSR count). The molecule has 0 spiro atoms. The number of nitrogens with zero attached hydrogens (tertiary/aromatic N) is 2. The molecule has 0 saturated heterocycles. The number of rotatable bonds is 5. The van der Waals surface area contributed by atoms with Crippen LogP contribution in [-0.2, 0) is 9.09 Å². The predicted octanol–water partition coefficient (Wildman–Crippen LogP) is 3.96. The van der Waals surface area contributed by atoms with Gasteiger partial charge in [-0.2, -0.15) is 5.10 Å². The summed E-state index contributed by atoms with van der Waals surface area (Å²) in [7, 11) is -0.201. The SMILES string of the molecule is COc1ccc2[nH]c(-c3n[nH]c4ccc(OP(C)(=O)OC)cc34)cc2n1. The molecule has 134 valence electrons. The van der Waals surface area contributed by atoms with Crippen LogP contribution in [0.15, 0.2) is 36.4 Å². The van der Waals surface area contributed by atoms with Crippen molar-refractivity contribution < 1.29 is 18.3 Å². The largest absolute Gasteiger partial charge is 0.481 e. The molecule has 0 amide bonds. The van der Waals surface area contributed by atoms with E-state index in [-0.39, 0.29) is 0 Å². The molecular weight excluding hydrogens is 355 g/mol. The number of ether oxygens (including phenoxy) is 1. The number of hydrogen-bond donors (Lipinski definition) is 2. The van der Waals surface area contributed by atoms with Gasteiger partial charge in [0.05, 0.1) is 29.4 Å². The van der Waals surface area contributed by atoms with Gasteiger partial charge in [-0.15, -0.1) is 0 Å². The Morgan fingerprint density at radius 1 is 1.08 bits per heavy atom. The minimum absolute atomic E-state index is 0.448. The predicted molar refractivity (Wildman–Crippen MR) is 98.9 cm³/mol. The highest BCUT2D eigenvalue weighted by Crippen LogP contribution is 2.44. The summed E-state index contributed by atoms with van der Waals surface area (Å²) < 4.78 is 27.6. The lowest BCUT2D eigenvalue weighted by molar-refractivity contribution is 0.328. The van der Waals surface area contributed by atoms with Gasteiger partial charge in [-0.3, -0.25) is 5.10 Å². The highest BCUT2D eigenvalue weighted by Gasteiger charge is 2.18. The molecule has 3 aromatic heterocycles.